The number of aromatic nitrogens is 8. The number of fused-ring (bicyclic) bond motifs is 3. The minimum absolute atomic E-state index is 0.662. The molecule has 0 atom stereocenters. The van der Waals surface area contributed by atoms with Crippen LogP contribution in [0.25, 0.3) is 67.0 Å². The Kier molecular flexibility index (Phi) is 7.13. The molecule has 0 bridgehead atoms. The van der Waals surface area contributed by atoms with Crippen LogP contribution in [0.15, 0.2) is 153 Å². The molecule has 5 aromatic heterocycles. The van der Waals surface area contributed by atoms with E-state index < -0.39 is 0 Å². The Bertz CT molecular complexity index is 2630. The molecule has 0 aliphatic carbocycles. The number of hydrogen-bond donors (Lipinski definition) is 0. The van der Waals surface area contributed by atoms with Gasteiger partial charge in [-0.15, -0.1) is 0 Å². The summed E-state index contributed by atoms with van der Waals surface area (Å²) in [5.41, 5.74) is 9.15. The molecule has 238 valence electrons. The zero-order valence-electron chi connectivity index (χ0n) is 26.9. The summed E-state index contributed by atoms with van der Waals surface area (Å²) in [5, 5.41) is 7.47. The molecule has 0 aliphatic heterocycles. The van der Waals surface area contributed by atoms with Gasteiger partial charge in [0.15, 0.2) is 0 Å². The van der Waals surface area contributed by atoms with Gasteiger partial charge < -0.3 is 4.74 Å². The molecular formula is C41H28N8O. The minimum Gasteiger partial charge on any atom is -0.457 e. The highest BCUT2D eigenvalue weighted by Crippen LogP contribution is 2.41. The molecule has 9 heteroatoms. The van der Waals surface area contributed by atoms with Gasteiger partial charge in [-0.05, 0) is 60.5 Å². The van der Waals surface area contributed by atoms with Gasteiger partial charge in [0, 0.05) is 70.6 Å². The highest BCUT2D eigenvalue weighted by atomic mass is 16.5. The average Bonchev–Trinajstić information content (AvgIpc) is 3.73. The van der Waals surface area contributed by atoms with Crippen molar-refractivity contribution in [1.29, 1.82) is 0 Å². The Labute approximate surface area is 287 Å². The molecule has 9 nitrogen and oxygen atoms in total. The van der Waals surface area contributed by atoms with E-state index in [-0.39, 0.29) is 0 Å². The molecule has 0 saturated heterocycles. The number of hydrogen-bond acceptors (Lipinski definition) is 7. The van der Waals surface area contributed by atoms with Crippen molar-refractivity contribution < 1.29 is 4.74 Å². The minimum atomic E-state index is 0.662. The number of ether oxygens (including phenoxy) is 1. The Morgan fingerprint density at radius 3 is 2.10 bits per heavy atom. The van der Waals surface area contributed by atoms with Crippen LogP contribution in [0.4, 0.5) is 0 Å². The van der Waals surface area contributed by atoms with Gasteiger partial charge in [-0.1, -0.05) is 54.6 Å². The van der Waals surface area contributed by atoms with E-state index in [4.69, 9.17) is 14.8 Å². The van der Waals surface area contributed by atoms with Crippen molar-refractivity contribution in [3.8, 4) is 56.6 Å². The summed E-state index contributed by atoms with van der Waals surface area (Å²) in [6, 6.07) is 36.8. The van der Waals surface area contributed by atoms with Gasteiger partial charge in [0.05, 0.1) is 22.4 Å². The molecular weight excluding hydrogens is 621 g/mol. The normalized spacial score (nSPS) is 11.3. The predicted molar refractivity (Wildman–Crippen MR) is 194 cm³/mol. The second-order valence-corrected chi connectivity index (χ2v) is 11.9. The van der Waals surface area contributed by atoms with Crippen molar-refractivity contribution in [3.05, 3.63) is 158 Å². The van der Waals surface area contributed by atoms with E-state index in [0.29, 0.717) is 11.5 Å². The Hall–Kier alpha value is -7.00. The molecule has 0 aliphatic rings. The molecule has 9 aromatic rings. The fraction of sp³-hybridized carbons (Fsp3) is 0.0244. The van der Waals surface area contributed by atoms with Crippen LogP contribution in [-0.4, -0.2) is 39.3 Å². The average molecular weight is 649 g/mol. The third kappa shape index (κ3) is 5.14. The van der Waals surface area contributed by atoms with E-state index in [9.17, 15) is 0 Å². The molecule has 50 heavy (non-hydrogen) atoms. The van der Waals surface area contributed by atoms with Gasteiger partial charge in [0.25, 0.3) is 0 Å². The lowest BCUT2D eigenvalue weighted by Crippen LogP contribution is -2.01. The lowest BCUT2D eigenvalue weighted by Gasteiger charge is -2.12. The number of para-hydroxylation sites is 1. The second-order valence-electron chi connectivity index (χ2n) is 11.9. The highest BCUT2D eigenvalue weighted by molar-refractivity contribution is 6.09. The number of nitrogens with zero attached hydrogens (tertiary/aromatic N) is 8. The van der Waals surface area contributed by atoms with E-state index in [1.165, 1.54) is 12.7 Å². The summed E-state index contributed by atoms with van der Waals surface area (Å²) in [4.78, 5) is 22.0. The van der Waals surface area contributed by atoms with Crippen LogP contribution in [0.1, 0.15) is 5.56 Å². The fourth-order valence-corrected chi connectivity index (χ4v) is 6.51. The summed E-state index contributed by atoms with van der Waals surface area (Å²) in [7, 11) is 0. The fourth-order valence-electron chi connectivity index (χ4n) is 6.51. The maximum atomic E-state index is 6.59. The molecule has 0 N–H and O–H groups in total. The molecule has 9 rings (SSSR count). The van der Waals surface area contributed by atoms with E-state index in [1.807, 2.05) is 65.5 Å². The first-order chi connectivity index (χ1) is 24.7. The molecule has 0 radical (unpaired) electrons. The van der Waals surface area contributed by atoms with E-state index in [2.05, 4.69) is 86.0 Å². The summed E-state index contributed by atoms with van der Waals surface area (Å²) in [6.07, 6.45) is 12.0. The maximum Gasteiger partial charge on any atom is 0.137 e. The van der Waals surface area contributed by atoms with Crippen LogP contribution in [0, 0.1) is 6.92 Å². The monoisotopic (exact) mass is 648 g/mol. The molecule has 0 unspecified atom stereocenters. The Balaban J connectivity index is 1.18. The number of benzene rings is 4. The molecule has 4 aromatic carbocycles. The van der Waals surface area contributed by atoms with Crippen LogP contribution in [0.2, 0.25) is 0 Å². The van der Waals surface area contributed by atoms with Gasteiger partial charge in [0.1, 0.15) is 35.7 Å². The first-order valence-corrected chi connectivity index (χ1v) is 16.1. The predicted octanol–water partition coefficient (Wildman–Crippen LogP) is 9.05. The van der Waals surface area contributed by atoms with Crippen LogP contribution in [0.5, 0.6) is 11.5 Å². The molecule has 5 heterocycles. The van der Waals surface area contributed by atoms with Gasteiger partial charge in [-0.25, -0.2) is 29.6 Å². The smallest absolute Gasteiger partial charge is 0.137 e. The topological polar surface area (TPSA) is 96.4 Å². The van der Waals surface area contributed by atoms with E-state index >= 15 is 0 Å². The summed E-state index contributed by atoms with van der Waals surface area (Å²) in [5.74, 6) is 2.23. The van der Waals surface area contributed by atoms with Crippen molar-refractivity contribution in [2.45, 2.75) is 6.92 Å². The van der Waals surface area contributed by atoms with Crippen molar-refractivity contribution in [2.24, 2.45) is 0 Å². The van der Waals surface area contributed by atoms with Crippen molar-refractivity contribution >= 4 is 21.8 Å². The molecule has 0 fully saturated rings. The number of aryl methyl sites for hydroxylation is 1. The summed E-state index contributed by atoms with van der Waals surface area (Å²) in [6.45, 7) is 2.08. The van der Waals surface area contributed by atoms with Crippen LogP contribution in [0.3, 0.4) is 0 Å². The van der Waals surface area contributed by atoms with Crippen LogP contribution < -0.4 is 4.74 Å². The molecule has 0 spiro atoms. The lowest BCUT2D eigenvalue weighted by molar-refractivity contribution is 0.483. The third-order valence-corrected chi connectivity index (χ3v) is 8.69. The van der Waals surface area contributed by atoms with Gasteiger partial charge >= 0.3 is 0 Å². The maximum absolute atomic E-state index is 6.59. The number of rotatable bonds is 7. The van der Waals surface area contributed by atoms with E-state index in [1.54, 1.807) is 24.8 Å². The SMILES string of the molecule is Cc1ccnc(-n2c3ccccc3c3ccc(Oc4cccc(-n5nc(-c6cncnc6)c(-c6ccccc6)c5-c5cncnc5)c4)cc32)c1. The van der Waals surface area contributed by atoms with Gasteiger partial charge in [0.2, 0.25) is 0 Å². The highest BCUT2D eigenvalue weighted by Gasteiger charge is 2.24. The quantitative estimate of drug-likeness (QED) is 0.170. The summed E-state index contributed by atoms with van der Waals surface area (Å²) < 4.78 is 10.7. The van der Waals surface area contributed by atoms with Gasteiger partial charge in [-0.3, -0.25) is 4.57 Å². The van der Waals surface area contributed by atoms with Crippen molar-refractivity contribution in [3.63, 3.8) is 0 Å². The van der Waals surface area contributed by atoms with E-state index in [0.717, 1.165) is 72.5 Å². The largest absolute Gasteiger partial charge is 0.457 e. The van der Waals surface area contributed by atoms with Crippen LogP contribution in [-0.2, 0) is 0 Å². The zero-order valence-corrected chi connectivity index (χ0v) is 26.9. The Morgan fingerprint density at radius 1 is 0.580 bits per heavy atom. The first-order valence-electron chi connectivity index (χ1n) is 16.1. The molecule has 0 saturated carbocycles. The zero-order chi connectivity index (χ0) is 33.4. The Morgan fingerprint density at radius 2 is 1.30 bits per heavy atom. The lowest BCUT2D eigenvalue weighted by atomic mass is 9.98. The van der Waals surface area contributed by atoms with Crippen LogP contribution >= 0.6 is 0 Å². The number of pyridine rings is 1. The third-order valence-electron chi connectivity index (χ3n) is 8.69. The van der Waals surface area contributed by atoms with Gasteiger partial charge in [-0.2, -0.15) is 5.10 Å². The van der Waals surface area contributed by atoms with Crippen molar-refractivity contribution in [2.75, 3.05) is 0 Å². The summed E-state index contributed by atoms with van der Waals surface area (Å²) >= 11 is 0. The van der Waals surface area contributed by atoms with Crippen molar-refractivity contribution in [1.82, 2.24) is 39.3 Å². The second kappa shape index (κ2) is 12.2. The molecule has 0 amide bonds. The first kappa shape index (κ1) is 29.2. The standard InChI is InChI=1S/C41H28N8O/c1-27-16-17-46-38(18-27)48-36-13-6-5-12-34(36)35-15-14-33(20-37(35)48)50-32-11-7-10-31(19-32)49-41(30-23-44-26-45-24-30)39(28-8-3-2-4-9-28)40(47-49)29-21-42-25-43-22-29/h2-26H,1H3.